The molecule has 5 heteroatoms. The van der Waals surface area contributed by atoms with Crippen LogP contribution in [0, 0.1) is 12.7 Å². The predicted octanol–water partition coefficient (Wildman–Crippen LogP) is 4.04. The topological polar surface area (TPSA) is 35.5 Å². The minimum Gasteiger partial charge on any atom is -0.497 e. The van der Waals surface area contributed by atoms with E-state index in [2.05, 4.69) is 0 Å². The van der Waals surface area contributed by atoms with Crippen LogP contribution in [0.4, 0.5) is 4.39 Å². The fourth-order valence-electron chi connectivity index (χ4n) is 1.96. The average Bonchev–Trinajstić information content (AvgIpc) is 2.49. The molecule has 2 aromatic carbocycles. The Labute approximate surface area is 127 Å². The second-order valence-electron chi connectivity index (χ2n) is 4.48. The molecule has 0 fully saturated rings. The molecule has 0 amide bonds. The van der Waals surface area contributed by atoms with Crippen molar-refractivity contribution in [1.82, 2.24) is 0 Å². The first-order chi connectivity index (χ1) is 9.97. The average molecular weight is 309 g/mol. The molecule has 0 N–H and O–H groups in total. The standard InChI is InChI=1S/C16H14ClFO3/c1-9-6-12(13(17)8-14(9)18)16(19)11-5-4-10(20-2)7-15(11)21-3/h4-8H,1-3H3. The molecule has 21 heavy (non-hydrogen) atoms. The summed E-state index contributed by atoms with van der Waals surface area (Å²) in [5, 5.41) is 0.0703. The van der Waals surface area contributed by atoms with Crippen molar-refractivity contribution in [3.63, 3.8) is 0 Å². The normalized spacial score (nSPS) is 10.3. The number of benzene rings is 2. The summed E-state index contributed by atoms with van der Waals surface area (Å²) < 4.78 is 23.7. The number of rotatable bonds is 4. The highest BCUT2D eigenvalue weighted by atomic mass is 35.5. The van der Waals surface area contributed by atoms with Gasteiger partial charge in [-0.25, -0.2) is 4.39 Å². The van der Waals surface area contributed by atoms with Crippen molar-refractivity contribution in [1.29, 1.82) is 0 Å². The summed E-state index contributed by atoms with van der Waals surface area (Å²) in [6, 6.07) is 7.43. The molecule has 2 aromatic rings. The summed E-state index contributed by atoms with van der Waals surface area (Å²) >= 11 is 5.97. The highest BCUT2D eigenvalue weighted by molar-refractivity contribution is 6.35. The van der Waals surface area contributed by atoms with E-state index in [4.69, 9.17) is 21.1 Å². The van der Waals surface area contributed by atoms with Crippen LogP contribution in [0.15, 0.2) is 30.3 Å². The minimum atomic E-state index is -0.446. The molecular formula is C16H14ClFO3. The number of ether oxygens (including phenoxy) is 2. The molecule has 0 aromatic heterocycles. The van der Waals surface area contributed by atoms with Crippen LogP contribution in [0.3, 0.4) is 0 Å². The van der Waals surface area contributed by atoms with Gasteiger partial charge in [-0.15, -0.1) is 0 Å². The zero-order valence-electron chi connectivity index (χ0n) is 11.9. The molecule has 0 spiro atoms. The van der Waals surface area contributed by atoms with Gasteiger partial charge >= 0.3 is 0 Å². The first-order valence-corrected chi connectivity index (χ1v) is 6.58. The van der Waals surface area contributed by atoms with Gasteiger partial charge in [-0.2, -0.15) is 0 Å². The van der Waals surface area contributed by atoms with Gasteiger partial charge in [0.1, 0.15) is 17.3 Å². The van der Waals surface area contributed by atoms with E-state index >= 15 is 0 Å². The third-order valence-corrected chi connectivity index (χ3v) is 3.46. The Balaban J connectivity index is 2.52. The highest BCUT2D eigenvalue weighted by Gasteiger charge is 2.19. The molecule has 0 atom stereocenters. The van der Waals surface area contributed by atoms with Crippen molar-refractivity contribution in [2.75, 3.05) is 14.2 Å². The lowest BCUT2D eigenvalue weighted by Gasteiger charge is -2.11. The lowest BCUT2D eigenvalue weighted by atomic mass is 10.0. The van der Waals surface area contributed by atoms with Crippen LogP contribution in [0.1, 0.15) is 21.5 Å². The third-order valence-electron chi connectivity index (χ3n) is 3.15. The van der Waals surface area contributed by atoms with E-state index in [0.717, 1.165) is 6.07 Å². The Hall–Kier alpha value is -2.07. The van der Waals surface area contributed by atoms with Gasteiger partial charge in [-0.1, -0.05) is 11.6 Å². The molecule has 2 rings (SSSR count). The van der Waals surface area contributed by atoms with Crippen molar-refractivity contribution < 1.29 is 18.7 Å². The molecular weight excluding hydrogens is 295 g/mol. The number of hydrogen-bond acceptors (Lipinski definition) is 3. The lowest BCUT2D eigenvalue weighted by Crippen LogP contribution is -2.06. The first-order valence-electron chi connectivity index (χ1n) is 6.20. The molecule has 110 valence electrons. The Morgan fingerprint density at radius 2 is 1.81 bits per heavy atom. The highest BCUT2D eigenvalue weighted by Crippen LogP contribution is 2.29. The van der Waals surface area contributed by atoms with Gasteiger partial charge in [0.05, 0.1) is 24.8 Å². The van der Waals surface area contributed by atoms with Gasteiger partial charge in [0, 0.05) is 11.6 Å². The van der Waals surface area contributed by atoms with Crippen LogP contribution in [-0.2, 0) is 0 Å². The van der Waals surface area contributed by atoms with Crippen molar-refractivity contribution in [2.24, 2.45) is 0 Å². The maximum atomic E-state index is 13.4. The van der Waals surface area contributed by atoms with Gasteiger partial charge in [-0.3, -0.25) is 4.79 Å². The summed E-state index contributed by atoms with van der Waals surface area (Å²) in [7, 11) is 2.99. The van der Waals surface area contributed by atoms with Crippen LogP contribution in [0.2, 0.25) is 5.02 Å². The van der Waals surface area contributed by atoms with E-state index in [1.807, 2.05) is 0 Å². The third kappa shape index (κ3) is 3.00. The fourth-order valence-corrected chi connectivity index (χ4v) is 2.20. The molecule has 0 heterocycles. The van der Waals surface area contributed by atoms with E-state index < -0.39 is 5.82 Å². The van der Waals surface area contributed by atoms with Crippen LogP contribution < -0.4 is 9.47 Å². The number of methoxy groups -OCH3 is 2. The van der Waals surface area contributed by atoms with E-state index in [-0.39, 0.29) is 16.4 Å². The van der Waals surface area contributed by atoms with Crippen molar-refractivity contribution in [3.05, 3.63) is 57.9 Å². The summed E-state index contributed by atoms with van der Waals surface area (Å²) in [4.78, 5) is 12.6. The van der Waals surface area contributed by atoms with Gasteiger partial charge < -0.3 is 9.47 Å². The van der Waals surface area contributed by atoms with E-state index in [1.54, 1.807) is 25.1 Å². The Morgan fingerprint density at radius 3 is 2.43 bits per heavy atom. The Kier molecular flexibility index (Phi) is 4.48. The fraction of sp³-hybridized carbons (Fsp3) is 0.188. The quantitative estimate of drug-likeness (QED) is 0.800. The van der Waals surface area contributed by atoms with Crippen molar-refractivity contribution in [2.45, 2.75) is 6.92 Å². The number of hydrogen-bond donors (Lipinski definition) is 0. The second kappa shape index (κ2) is 6.14. The molecule has 0 aliphatic carbocycles. The largest absolute Gasteiger partial charge is 0.497 e. The van der Waals surface area contributed by atoms with Crippen LogP contribution in [-0.4, -0.2) is 20.0 Å². The molecule has 0 radical (unpaired) electrons. The van der Waals surface area contributed by atoms with E-state index in [1.165, 1.54) is 20.3 Å². The van der Waals surface area contributed by atoms with E-state index in [0.29, 0.717) is 22.6 Å². The SMILES string of the molecule is COc1ccc(C(=O)c2cc(C)c(F)cc2Cl)c(OC)c1. The van der Waals surface area contributed by atoms with Crippen LogP contribution in [0.25, 0.3) is 0 Å². The number of halogens is 2. The van der Waals surface area contributed by atoms with Crippen LogP contribution in [0.5, 0.6) is 11.5 Å². The number of aryl methyl sites for hydroxylation is 1. The van der Waals surface area contributed by atoms with Crippen LogP contribution >= 0.6 is 11.6 Å². The van der Waals surface area contributed by atoms with Gasteiger partial charge in [0.2, 0.25) is 0 Å². The molecule has 3 nitrogen and oxygen atoms in total. The maximum absolute atomic E-state index is 13.4. The number of carbonyl (C=O) groups is 1. The van der Waals surface area contributed by atoms with Crippen molar-refractivity contribution in [3.8, 4) is 11.5 Å². The molecule has 0 saturated carbocycles. The molecule has 0 unspecified atom stereocenters. The summed E-state index contributed by atoms with van der Waals surface area (Å²) in [5.41, 5.74) is 0.931. The first kappa shape index (κ1) is 15.3. The van der Waals surface area contributed by atoms with Gasteiger partial charge in [-0.05, 0) is 36.8 Å². The van der Waals surface area contributed by atoms with Crippen molar-refractivity contribution >= 4 is 17.4 Å². The van der Waals surface area contributed by atoms with Gasteiger partial charge in [0.25, 0.3) is 0 Å². The number of carbonyl (C=O) groups excluding carboxylic acids is 1. The zero-order valence-corrected chi connectivity index (χ0v) is 12.6. The lowest BCUT2D eigenvalue weighted by molar-refractivity contribution is 0.103. The molecule has 0 aliphatic heterocycles. The maximum Gasteiger partial charge on any atom is 0.198 e. The predicted molar refractivity (Wildman–Crippen MR) is 79.1 cm³/mol. The number of ketones is 1. The van der Waals surface area contributed by atoms with E-state index in [9.17, 15) is 9.18 Å². The molecule has 0 bridgehead atoms. The van der Waals surface area contributed by atoms with Gasteiger partial charge in [0.15, 0.2) is 5.78 Å². The zero-order chi connectivity index (χ0) is 15.6. The smallest absolute Gasteiger partial charge is 0.198 e. The Morgan fingerprint density at radius 1 is 1.10 bits per heavy atom. The summed E-state index contributed by atoms with van der Waals surface area (Å²) in [6.45, 7) is 1.58. The summed E-state index contributed by atoms with van der Waals surface area (Å²) in [6.07, 6.45) is 0. The molecule has 0 saturated heterocycles. The monoisotopic (exact) mass is 308 g/mol. The Bertz CT molecular complexity index is 698. The minimum absolute atomic E-state index is 0.0703. The molecule has 0 aliphatic rings. The second-order valence-corrected chi connectivity index (χ2v) is 4.88. The summed E-state index contributed by atoms with van der Waals surface area (Å²) in [5.74, 6) is 0.169.